The van der Waals surface area contributed by atoms with Gasteiger partial charge in [-0.05, 0) is 25.7 Å². The van der Waals surface area contributed by atoms with Gasteiger partial charge >= 0.3 is 11.9 Å². The smallest absolute Gasteiger partial charge is 0.333 e. The molecule has 0 amide bonds. The van der Waals surface area contributed by atoms with Crippen molar-refractivity contribution in [1.82, 2.24) is 0 Å². The van der Waals surface area contributed by atoms with Gasteiger partial charge in [0.1, 0.15) is 6.61 Å². The summed E-state index contributed by atoms with van der Waals surface area (Å²) in [4.78, 5) is 23.0. The number of carbonyl (C=O) groups excluding carboxylic acids is 2. The van der Waals surface area contributed by atoms with Crippen LogP contribution in [-0.2, 0) is 19.1 Å². The molecule has 0 radical (unpaired) electrons. The highest BCUT2D eigenvalue weighted by atomic mass is 16.5. The van der Waals surface area contributed by atoms with E-state index in [0.717, 1.165) is 25.7 Å². The van der Waals surface area contributed by atoms with Crippen molar-refractivity contribution in [3.63, 3.8) is 0 Å². The van der Waals surface area contributed by atoms with Crippen molar-refractivity contribution in [2.24, 2.45) is 0 Å². The van der Waals surface area contributed by atoms with Crippen LogP contribution in [0.3, 0.4) is 0 Å². The van der Waals surface area contributed by atoms with Crippen LogP contribution in [0.1, 0.15) is 64.7 Å². The molecule has 0 unspecified atom stereocenters. The minimum atomic E-state index is -0.524. The van der Waals surface area contributed by atoms with Gasteiger partial charge in [0.2, 0.25) is 0 Å². The molecule has 0 rings (SSSR count). The van der Waals surface area contributed by atoms with E-state index in [2.05, 4.69) is 32.2 Å². The number of ether oxygens (including phenoxy) is 2. The first-order valence-electron chi connectivity index (χ1n) is 8.88. The number of allylic oxidation sites excluding steroid dienone is 2. The first-order valence-corrected chi connectivity index (χ1v) is 8.88. The summed E-state index contributed by atoms with van der Waals surface area (Å²) in [7, 11) is 0. The fraction of sp³-hybridized carbons (Fsp3) is 0.600. The number of esters is 2. The third kappa shape index (κ3) is 13.8. The van der Waals surface area contributed by atoms with E-state index in [1.807, 2.05) is 0 Å². The summed E-state index contributed by atoms with van der Waals surface area (Å²) in [5.74, 6) is -1.02. The monoisotopic (exact) mass is 336 g/mol. The van der Waals surface area contributed by atoms with Crippen LogP contribution in [0.5, 0.6) is 0 Å². The van der Waals surface area contributed by atoms with Crippen molar-refractivity contribution >= 4 is 11.9 Å². The highest BCUT2D eigenvalue weighted by Crippen LogP contribution is 2.07. The van der Waals surface area contributed by atoms with Gasteiger partial charge in [-0.2, -0.15) is 0 Å². The average molecular weight is 336 g/mol. The van der Waals surface area contributed by atoms with Crippen LogP contribution in [0, 0.1) is 0 Å². The van der Waals surface area contributed by atoms with Gasteiger partial charge in [0, 0.05) is 5.57 Å². The molecule has 24 heavy (non-hydrogen) atoms. The molecule has 0 bridgehead atoms. The van der Waals surface area contributed by atoms with E-state index in [1.165, 1.54) is 31.8 Å². The Morgan fingerprint density at radius 3 is 2.29 bits per heavy atom. The van der Waals surface area contributed by atoms with Crippen LogP contribution in [0.2, 0.25) is 0 Å². The van der Waals surface area contributed by atoms with Gasteiger partial charge in [-0.1, -0.05) is 64.0 Å². The summed E-state index contributed by atoms with van der Waals surface area (Å²) in [6, 6.07) is 0. The maximum absolute atomic E-state index is 11.7. The lowest BCUT2D eigenvalue weighted by atomic mass is 10.1. The molecule has 0 aliphatic heterocycles. The summed E-state index contributed by atoms with van der Waals surface area (Å²) in [5.41, 5.74) is 0.126. The Morgan fingerprint density at radius 1 is 0.958 bits per heavy atom. The van der Waals surface area contributed by atoms with Crippen LogP contribution in [-0.4, -0.2) is 25.2 Å². The third-order valence-electron chi connectivity index (χ3n) is 3.40. The minimum absolute atomic E-state index is 0.126. The molecule has 4 heteroatoms. The molecule has 0 aliphatic rings. The fourth-order valence-corrected chi connectivity index (χ4v) is 1.99. The number of rotatable bonds is 15. The topological polar surface area (TPSA) is 52.6 Å². The Bertz CT molecular complexity index is 410. The van der Waals surface area contributed by atoms with Crippen molar-refractivity contribution in [1.29, 1.82) is 0 Å². The van der Waals surface area contributed by atoms with Crippen molar-refractivity contribution in [2.45, 2.75) is 64.7 Å². The van der Waals surface area contributed by atoms with Gasteiger partial charge in [0.15, 0.2) is 0 Å². The van der Waals surface area contributed by atoms with Gasteiger partial charge in [0.25, 0.3) is 0 Å². The highest BCUT2D eigenvalue weighted by molar-refractivity contribution is 5.93. The van der Waals surface area contributed by atoms with Crippen LogP contribution < -0.4 is 0 Å². The Hall–Kier alpha value is -1.84. The van der Waals surface area contributed by atoms with Crippen molar-refractivity contribution < 1.29 is 19.1 Å². The lowest BCUT2D eigenvalue weighted by Gasteiger charge is -2.07. The van der Waals surface area contributed by atoms with E-state index in [-0.39, 0.29) is 18.6 Å². The number of hydrogen-bond donors (Lipinski definition) is 0. The predicted octanol–water partition coefficient (Wildman–Crippen LogP) is 4.90. The van der Waals surface area contributed by atoms with Crippen LogP contribution in [0.15, 0.2) is 37.0 Å². The molecule has 0 aromatic heterocycles. The first-order chi connectivity index (χ1) is 11.6. The lowest BCUT2D eigenvalue weighted by Crippen LogP contribution is -2.13. The molecule has 0 saturated carbocycles. The summed E-state index contributed by atoms with van der Waals surface area (Å²) >= 11 is 0. The highest BCUT2D eigenvalue weighted by Gasteiger charge is 2.13. The molecule has 0 atom stereocenters. The standard InChI is InChI=1S/C20H32O4/c1-4-6-7-8-9-10-11-12-13-14-16-24-20(22)18(3)17-19(21)23-15-5-2/h5,8-9H,2-4,6-7,10-17H2,1H3. The van der Waals surface area contributed by atoms with E-state index in [1.54, 1.807) is 0 Å². The van der Waals surface area contributed by atoms with E-state index in [9.17, 15) is 9.59 Å². The normalized spacial score (nSPS) is 10.5. The van der Waals surface area contributed by atoms with Gasteiger partial charge in [0.05, 0.1) is 13.0 Å². The second-order valence-corrected chi connectivity index (χ2v) is 5.70. The Kier molecular flexibility index (Phi) is 14.8. The maximum Gasteiger partial charge on any atom is 0.333 e. The summed E-state index contributed by atoms with van der Waals surface area (Å²) < 4.78 is 9.89. The van der Waals surface area contributed by atoms with Crippen molar-refractivity contribution in [3.05, 3.63) is 37.0 Å². The second-order valence-electron chi connectivity index (χ2n) is 5.70. The van der Waals surface area contributed by atoms with Gasteiger partial charge in [-0.3, -0.25) is 4.79 Å². The zero-order valence-corrected chi connectivity index (χ0v) is 15.1. The van der Waals surface area contributed by atoms with E-state index in [0.29, 0.717) is 6.61 Å². The molecule has 4 nitrogen and oxygen atoms in total. The van der Waals surface area contributed by atoms with E-state index >= 15 is 0 Å². The van der Waals surface area contributed by atoms with Crippen molar-refractivity contribution in [3.8, 4) is 0 Å². The van der Waals surface area contributed by atoms with E-state index < -0.39 is 11.9 Å². The first kappa shape index (κ1) is 22.2. The van der Waals surface area contributed by atoms with Gasteiger partial charge in [-0.25, -0.2) is 4.79 Å². The maximum atomic E-state index is 11.7. The average Bonchev–Trinajstić information content (AvgIpc) is 2.57. The molecule has 136 valence electrons. The Morgan fingerprint density at radius 2 is 1.62 bits per heavy atom. The molecular formula is C20H32O4. The number of hydrogen-bond acceptors (Lipinski definition) is 4. The zero-order valence-electron chi connectivity index (χ0n) is 15.1. The largest absolute Gasteiger partial charge is 0.462 e. The van der Waals surface area contributed by atoms with Crippen LogP contribution in [0.25, 0.3) is 0 Å². The van der Waals surface area contributed by atoms with E-state index in [4.69, 9.17) is 9.47 Å². The van der Waals surface area contributed by atoms with Gasteiger partial charge in [-0.15, -0.1) is 0 Å². The molecule has 0 N–H and O–H groups in total. The summed E-state index contributed by atoms with van der Waals surface area (Å²) in [5, 5.41) is 0. The summed E-state index contributed by atoms with van der Waals surface area (Å²) in [6.45, 7) is 9.71. The molecule has 0 spiro atoms. The predicted molar refractivity (Wildman–Crippen MR) is 97.6 cm³/mol. The zero-order chi connectivity index (χ0) is 18.0. The Balaban J connectivity index is 3.54. The number of unbranched alkanes of at least 4 members (excludes halogenated alkanes) is 6. The molecule has 0 saturated heterocycles. The molecular weight excluding hydrogens is 304 g/mol. The van der Waals surface area contributed by atoms with Crippen molar-refractivity contribution in [2.75, 3.05) is 13.2 Å². The lowest BCUT2D eigenvalue weighted by molar-refractivity contribution is -0.145. The van der Waals surface area contributed by atoms with Crippen LogP contribution in [0.4, 0.5) is 0 Å². The summed E-state index contributed by atoms with van der Waals surface area (Å²) in [6.07, 6.45) is 14.8. The number of carbonyl (C=O) groups is 2. The fourth-order valence-electron chi connectivity index (χ4n) is 1.99. The molecule has 0 aromatic rings. The quantitative estimate of drug-likeness (QED) is 0.185. The third-order valence-corrected chi connectivity index (χ3v) is 3.40. The molecule has 0 aliphatic carbocycles. The SMILES string of the molecule is C=CCOC(=O)CC(=C)C(=O)OCCCCCCC=CCCCC. The minimum Gasteiger partial charge on any atom is -0.462 e. The molecule has 0 fully saturated rings. The Labute approximate surface area is 146 Å². The molecule has 0 aromatic carbocycles. The molecule has 0 heterocycles. The van der Waals surface area contributed by atoms with Gasteiger partial charge < -0.3 is 9.47 Å². The second kappa shape index (κ2) is 16.0. The van der Waals surface area contributed by atoms with Crippen LogP contribution >= 0.6 is 0 Å².